The van der Waals surface area contributed by atoms with E-state index < -0.39 is 4.92 Å². The van der Waals surface area contributed by atoms with E-state index in [1.807, 2.05) is 53.3 Å². The van der Waals surface area contributed by atoms with Crippen molar-refractivity contribution in [1.82, 2.24) is 14.8 Å². The monoisotopic (exact) mass is 424 g/mol. The van der Waals surface area contributed by atoms with Crippen LogP contribution in [-0.2, 0) is 6.54 Å². The van der Waals surface area contributed by atoms with Crippen molar-refractivity contribution in [2.75, 3.05) is 0 Å². The van der Waals surface area contributed by atoms with Crippen LogP contribution in [0.2, 0.25) is 0 Å². The van der Waals surface area contributed by atoms with Gasteiger partial charge in [0.25, 0.3) is 5.69 Å². The fraction of sp³-hybridized carbons (Fsp3) is 0.0800. The van der Waals surface area contributed by atoms with Crippen LogP contribution >= 0.6 is 0 Å². The number of allylic oxidation sites excluding steroid dienone is 1. The van der Waals surface area contributed by atoms with Crippen molar-refractivity contribution in [2.24, 2.45) is 0 Å². The molecule has 0 unspecified atom stereocenters. The lowest BCUT2D eigenvalue weighted by Gasteiger charge is -2.01. The van der Waals surface area contributed by atoms with Crippen LogP contribution in [0.5, 0.6) is 0 Å². The van der Waals surface area contributed by atoms with Gasteiger partial charge in [-0.05, 0) is 36.8 Å². The summed E-state index contributed by atoms with van der Waals surface area (Å²) in [6.45, 7) is 2.23. The summed E-state index contributed by atoms with van der Waals surface area (Å²) in [6, 6.07) is 18.2. The van der Waals surface area contributed by atoms with Gasteiger partial charge in [-0.1, -0.05) is 42.5 Å². The molecule has 0 saturated carbocycles. The topological polar surface area (TPSA) is 90.9 Å². The fourth-order valence-corrected chi connectivity index (χ4v) is 3.36. The number of pyridine rings is 1. The van der Waals surface area contributed by atoms with Gasteiger partial charge in [0.05, 0.1) is 11.5 Å². The van der Waals surface area contributed by atoms with E-state index in [-0.39, 0.29) is 17.0 Å². The second kappa shape index (κ2) is 9.18. The molecule has 0 N–H and O–H groups in total. The van der Waals surface area contributed by atoms with Crippen molar-refractivity contribution < 1.29 is 9.72 Å². The summed E-state index contributed by atoms with van der Waals surface area (Å²) in [5, 5.41) is 15.9. The molecule has 0 aliphatic rings. The van der Waals surface area contributed by atoms with Gasteiger partial charge in [0.2, 0.25) is 0 Å². The summed E-state index contributed by atoms with van der Waals surface area (Å²) >= 11 is 0. The van der Waals surface area contributed by atoms with Crippen molar-refractivity contribution in [2.45, 2.75) is 13.5 Å². The first kappa shape index (κ1) is 20.9. The number of carbonyl (C=O) groups excluding carboxylic acids is 1. The Hall–Kier alpha value is -4.39. The van der Waals surface area contributed by atoms with Crippen molar-refractivity contribution in [3.63, 3.8) is 0 Å². The molecular weight excluding hydrogens is 404 g/mol. The Morgan fingerprint density at radius 1 is 1.12 bits per heavy atom. The number of benzene rings is 2. The minimum absolute atomic E-state index is 0.0732. The highest BCUT2D eigenvalue weighted by Gasteiger charge is 2.15. The maximum Gasteiger partial charge on any atom is 0.273 e. The van der Waals surface area contributed by atoms with E-state index in [2.05, 4.69) is 4.98 Å². The van der Waals surface area contributed by atoms with E-state index in [1.54, 1.807) is 37.5 Å². The van der Waals surface area contributed by atoms with Crippen molar-refractivity contribution in [3.05, 3.63) is 118 Å². The van der Waals surface area contributed by atoms with E-state index in [0.29, 0.717) is 17.8 Å². The predicted molar refractivity (Wildman–Crippen MR) is 122 cm³/mol. The highest BCUT2D eigenvalue weighted by Crippen LogP contribution is 2.24. The van der Waals surface area contributed by atoms with Gasteiger partial charge in [0.1, 0.15) is 5.69 Å². The number of nitrogens with zero attached hydrogens (tertiary/aromatic N) is 4. The Morgan fingerprint density at radius 2 is 1.94 bits per heavy atom. The van der Waals surface area contributed by atoms with Crippen LogP contribution in [0.1, 0.15) is 27.0 Å². The predicted octanol–water partition coefficient (Wildman–Crippen LogP) is 5.11. The normalized spacial score (nSPS) is 11.0. The standard InChI is InChI=1S/C25H20N4O3/c1-18-9-10-20(14-23(18)29(31)32)24(30)12-11-22-17-28(16-19-6-3-2-4-7-19)27-25(22)21-8-5-13-26-15-21/h2-15,17H,16H2,1H3/b12-11+. The van der Waals surface area contributed by atoms with Crippen LogP contribution in [0.25, 0.3) is 17.3 Å². The Balaban J connectivity index is 1.66. The average molecular weight is 424 g/mol. The van der Waals surface area contributed by atoms with Gasteiger partial charge >= 0.3 is 0 Å². The van der Waals surface area contributed by atoms with Gasteiger partial charge in [0, 0.05) is 46.9 Å². The lowest BCUT2D eigenvalue weighted by Crippen LogP contribution is -2.00. The molecule has 0 fully saturated rings. The molecule has 0 radical (unpaired) electrons. The smallest absolute Gasteiger partial charge is 0.273 e. The van der Waals surface area contributed by atoms with Gasteiger partial charge in [-0.2, -0.15) is 5.10 Å². The van der Waals surface area contributed by atoms with Crippen LogP contribution in [0.4, 0.5) is 5.69 Å². The van der Waals surface area contributed by atoms with E-state index >= 15 is 0 Å². The van der Waals surface area contributed by atoms with E-state index in [4.69, 9.17) is 5.10 Å². The zero-order chi connectivity index (χ0) is 22.5. The maximum absolute atomic E-state index is 12.7. The lowest BCUT2D eigenvalue weighted by atomic mass is 10.0. The Kier molecular flexibility index (Phi) is 5.98. The van der Waals surface area contributed by atoms with E-state index in [1.165, 1.54) is 12.1 Å². The molecule has 4 aromatic rings. The summed E-state index contributed by atoms with van der Waals surface area (Å²) in [5.74, 6) is -0.318. The molecule has 7 nitrogen and oxygen atoms in total. The number of aromatic nitrogens is 3. The molecule has 2 heterocycles. The zero-order valence-corrected chi connectivity index (χ0v) is 17.4. The molecule has 158 valence electrons. The SMILES string of the molecule is Cc1ccc(C(=O)/C=C/c2cn(Cc3ccccc3)nc2-c2cccnc2)cc1[N+](=O)[O-]. The molecule has 2 aromatic heterocycles. The third kappa shape index (κ3) is 4.67. The molecule has 0 bridgehead atoms. The first-order valence-corrected chi connectivity index (χ1v) is 10.0. The number of carbonyl (C=O) groups is 1. The number of hydrogen-bond donors (Lipinski definition) is 0. The molecule has 7 heteroatoms. The van der Waals surface area contributed by atoms with Gasteiger partial charge in [-0.15, -0.1) is 0 Å². The average Bonchev–Trinajstić information content (AvgIpc) is 3.21. The van der Waals surface area contributed by atoms with Crippen LogP contribution in [0.15, 0.2) is 85.3 Å². The Labute approximate surface area is 184 Å². The molecule has 4 rings (SSSR count). The van der Waals surface area contributed by atoms with Gasteiger partial charge < -0.3 is 0 Å². The molecule has 0 atom stereocenters. The number of rotatable bonds is 7. The molecular formula is C25H20N4O3. The fourth-order valence-electron chi connectivity index (χ4n) is 3.36. The molecule has 0 amide bonds. The number of nitro benzene ring substituents is 1. The number of aryl methyl sites for hydroxylation is 1. The molecule has 0 aliphatic carbocycles. The Bertz CT molecular complexity index is 1300. The van der Waals surface area contributed by atoms with Crippen molar-refractivity contribution in [1.29, 1.82) is 0 Å². The van der Waals surface area contributed by atoms with Crippen LogP contribution in [-0.4, -0.2) is 25.5 Å². The summed E-state index contributed by atoms with van der Waals surface area (Å²) in [6.07, 6.45) is 8.38. The third-order valence-electron chi connectivity index (χ3n) is 5.02. The largest absolute Gasteiger partial charge is 0.289 e. The highest BCUT2D eigenvalue weighted by molar-refractivity contribution is 6.07. The first-order valence-electron chi connectivity index (χ1n) is 10.0. The molecule has 0 aliphatic heterocycles. The van der Waals surface area contributed by atoms with E-state index in [9.17, 15) is 14.9 Å². The van der Waals surface area contributed by atoms with E-state index in [0.717, 1.165) is 16.7 Å². The van der Waals surface area contributed by atoms with Crippen LogP contribution in [0.3, 0.4) is 0 Å². The molecule has 2 aromatic carbocycles. The summed E-state index contributed by atoms with van der Waals surface area (Å²) in [7, 11) is 0. The van der Waals surface area contributed by atoms with Crippen molar-refractivity contribution in [3.8, 4) is 11.3 Å². The number of hydrogen-bond acceptors (Lipinski definition) is 5. The first-order chi connectivity index (χ1) is 15.5. The number of ketones is 1. The summed E-state index contributed by atoms with van der Waals surface area (Å²) in [4.78, 5) is 27.6. The molecule has 0 saturated heterocycles. The van der Waals surface area contributed by atoms with Gasteiger partial charge in [-0.3, -0.25) is 24.6 Å². The quantitative estimate of drug-likeness (QED) is 0.178. The third-order valence-corrected chi connectivity index (χ3v) is 5.02. The highest BCUT2D eigenvalue weighted by atomic mass is 16.6. The summed E-state index contributed by atoms with van der Waals surface area (Å²) in [5.41, 5.74) is 4.09. The zero-order valence-electron chi connectivity index (χ0n) is 17.4. The minimum atomic E-state index is -0.482. The van der Waals surface area contributed by atoms with Gasteiger partial charge in [-0.25, -0.2) is 0 Å². The maximum atomic E-state index is 12.7. The molecule has 32 heavy (non-hydrogen) atoms. The second-order valence-corrected chi connectivity index (χ2v) is 7.31. The minimum Gasteiger partial charge on any atom is -0.289 e. The summed E-state index contributed by atoms with van der Waals surface area (Å²) < 4.78 is 1.82. The Morgan fingerprint density at radius 3 is 2.66 bits per heavy atom. The van der Waals surface area contributed by atoms with Crippen molar-refractivity contribution >= 4 is 17.5 Å². The van der Waals surface area contributed by atoms with Crippen LogP contribution < -0.4 is 0 Å². The number of nitro groups is 1. The second-order valence-electron chi connectivity index (χ2n) is 7.31. The van der Waals surface area contributed by atoms with Gasteiger partial charge in [0.15, 0.2) is 5.78 Å². The molecule has 0 spiro atoms. The lowest BCUT2D eigenvalue weighted by molar-refractivity contribution is -0.385. The van der Waals surface area contributed by atoms with Crippen LogP contribution in [0, 0.1) is 17.0 Å².